The van der Waals surface area contributed by atoms with Gasteiger partial charge in [0.05, 0.1) is 4.47 Å². The van der Waals surface area contributed by atoms with E-state index in [4.69, 9.17) is 5.73 Å². The lowest BCUT2D eigenvalue weighted by atomic mass is 10.2. The Hall–Kier alpha value is -0.160. The molecule has 0 amide bonds. The summed E-state index contributed by atoms with van der Waals surface area (Å²) in [6, 6.07) is 5.39. The van der Waals surface area contributed by atoms with Gasteiger partial charge in [-0.3, -0.25) is 4.90 Å². The third kappa shape index (κ3) is 4.37. The van der Waals surface area contributed by atoms with Crippen LogP contribution in [-0.2, 0) is 6.54 Å². The van der Waals surface area contributed by atoms with E-state index in [-0.39, 0.29) is 18.2 Å². The van der Waals surface area contributed by atoms with Gasteiger partial charge in [-0.1, -0.05) is 6.07 Å². The monoisotopic (exact) mass is 310 g/mol. The summed E-state index contributed by atoms with van der Waals surface area (Å²) in [7, 11) is 2.01. The number of likely N-dealkylation sites (N-methyl/N-ethyl adjacent to an activating group) is 1. The van der Waals surface area contributed by atoms with Gasteiger partial charge in [0.2, 0.25) is 0 Å². The second-order valence-corrected chi connectivity index (χ2v) is 4.60. The minimum Gasteiger partial charge on any atom is -0.329 e. The number of rotatable bonds is 4. The molecule has 0 aliphatic heterocycles. The van der Waals surface area contributed by atoms with E-state index < -0.39 is 0 Å². The van der Waals surface area contributed by atoms with Crippen LogP contribution in [0.2, 0.25) is 0 Å². The minimum atomic E-state index is -0.228. The second-order valence-electron chi connectivity index (χ2n) is 3.75. The molecule has 1 unspecified atom stereocenters. The highest BCUT2D eigenvalue weighted by Crippen LogP contribution is 2.18. The highest BCUT2D eigenvalue weighted by Gasteiger charge is 2.08. The molecule has 16 heavy (non-hydrogen) atoms. The molecule has 0 radical (unpaired) electrons. The van der Waals surface area contributed by atoms with Crippen molar-refractivity contribution in [2.75, 3.05) is 13.6 Å². The molecule has 1 aromatic rings. The molecule has 2 N–H and O–H groups in total. The van der Waals surface area contributed by atoms with Crippen molar-refractivity contribution in [3.8, 4) is 0 Å². The van der Waals surface area contributed by atoms with Crippen molar-refractivity contribution in [3.05, 3.63) is 34.1 Å². The van der Waals surface area contributed by atoms with Crippen LogP contribution in [-0.4, -0.2) is 24.5 Å². The maximum Gasteiger partial charge on any atom is 0.137 e. The van der Waals surface area contributed by atoms with E-state index in [1.807, 2.05) is 7.05 Å². The van der Waals surface area contributed by atoms with Crippen molar-refractivity contribution < 1.29 is 4.39 Å². The standard InChI is InChI=1S/C11H16BrFN2.ClH/c1-8(6-14)15(2)7-9-3-4-11(13)10(12)5-9;/h3-5,8H,6-7,14H2,1-2H3;1H. The van der Waals surface area contributed by atoms with Gasteiger partial charge in [-0.15, -0.1) is 12.4 Å². The summed E-state index contributed by atoms with van der Waals surface area (Å²) in [5.74, 6) is -0.228. The van der Waals surface area contributed by atoms with E-state index in [9.17, 15) is 4.39 Å². The first kappa shape index (κ1) is 15.8. The van der Waals surface area contributed by atoms with Gasteiger partial charge in [-0.2, -0.15) is 0 Å². The molecule has 1 aromatic carbocycles. The zero-order valence-corrected chi connectivity index (χ0v) is 11.8. The molecule has 0 aliphatic carbocycles. The van der Waals surface area contributed by atoms with Gasteiger partial charge in [-0.05, 0) is 47.6 Å². The average molecular weight is 312 g/mol. The van der Waals surface area contributed by atoms with Crippen molar-refractivity contribution in [2.45, 2.75) is 19.5 Å². The number of halogens is 3. The Bertz CT molecular complexity index is 336. The van der Waals surface area contributed by atoms with Gasteiger partial charge >= 0.3 is 0 Å². The Labute approximate surface area is 111 Å². The predicted octanol–water partition coefficient (Wildman–Crippen LogP) is 2.79. The van der Waals surface area contributed by atoms with Crippen molar-refractivity contribution in [2.24, 2.45) is 5.73 Å². The molecule has 1 atom stereocenters. The number of hydrogen-bond acceptors (Lipinski definition) is 2. The second kappa shape index (κ2) is 7.22. The molecule has 0 fully saturated rings. The summed E-state index contributed by atoms with van der Waals surface area (Å²) >= 11 is 3.17. The molecule has 0 saturated carbocycles. The zero-order chi connectivity index (χ0) is 11.4. The summed E-state index contributed by atoms with van der Waals surface area (Å²) < 4.78 is 13.5. The van der Waals surface area contributed by atoms with Gasteiger partial charge in [0.15, 0.2) is 0 Å². The third-order valence-electron chi connectivity index (χ3n) is 2.51. The molecule has 0 spiro atoms. The van der Waals surface area contributed by atoms with E-state index in [1.165, 1.54) is 6.07 Å². The fourth-order valence-corrected chi connectivity index (χ4v) is 1.69. The molecule has 5 heteroatoms. The topological polar surface area (TPSA) is 29.3 Å². The van der Waals surface area contributed by atoms with E-state index in [0.717, 1.165) is 12.1 Å². The van der Waals surface area contributed by atoms with Crippen LogP contribution < -0.4 is 5.73 Å². The number of nitrogens with two attached hydrogens (primary N) is 1. The maximum atomic E-state index is 13.0. The highest BCUT2D eigenvalue weighted by molar-refractivity contribution is 9.10. The van der Waals surface area contributed by atoms with Gasteiger partial charge in [0.1, 0.15) is 5.82 Å². The first-order valence-electron chi connectivity index (χ1n) is 4.89. The Morgan fingerprint density at radius 1 is 1.50 bits per heavy atom. The van der Waals surface area contributed by atoms with E-state index >= 15 is 0 Å². The first-order chi connectivity index (χ1) is 7.04. The highest BCUT2D eigenvalue weighted by atomic mass is 79.9. The quantitative estimate of drug-likeness (QED) is 0.926. The molecular formula is C11H17BrClFN2. The fourth-order valence-electron chi connectivity index (χ4n) is 1.26. The Kier molecular flexibility index (Phi) is 7.15. The molecule has 0 saturated heterocycles. The molecule has 0 aliphatic rings. The third-order valence-corrected chi connectivity index (χ3v) is 3.12. The van der Waals surface area contributed by atoms with Gasteiger partial charge in [-0.25, -0.2) is 4.39 Å². The van der Waals surface area contributed by atoms with Crippen molar-refractivity contribution in [1.82, 2.24) is 4.90 Å². The lowest BCUT2D eigenvalue weighted by molar-refractivity contribution is 0.254. The van der Waals surface area contributed by atoms with Crippen LogP contribution in [0.15, 0.2) is 22.7 Å². The Morgan fingerprint density at radius 2 is 2.12 bits per heavy atom. The molecule has 1 rings (SSSR count). The fraction of sp³-hybridized carbons (Fsp3) is 0.455. The molecule has 0 heterocycles. The minimum absolute atomic E-state index is 0. The van der Waals surface area contributed by atoms with Gasteiger partial charge in [0, 0.05) is 19.1 Å². The Balaban J connectivity index is 0.00000225. The number of hydrogen-bond donors (Lipinski definition) is 1. The summed E-state index contributed by atoms with van der Waals surface area (Å²) in [5.41, 5.74) is 6.64. The average Bonchev–Trinajstić information content (AvgIpc) is 2.22. The summed E-state index contributed by atoms with van der Waals surface area (Å²) in [4.78, 5) is 2.14. The van der Waals surface area contributed by atoms with Crippen LogP contribution in [0.5, 0.6) is 0 Å². The van der Waals surface area contributed by atoms with Crippen LogP contribution in [0, 0.1) is 5.82 Å². The zero-order valence-electron chi connectivity index (χ0n) is 9.41. The summed E-state index contributed by atoms with van der Waals surface area (Å²) in [6.45, 7) is 3.47. The Morgan fingerprint density at radius 3 is 2.62 bits per heavy atom. The summed E-state index contributed by atoms with van der Waals surface area (Å²) in [5, 5.41) is 0. The van der Waals surface area contributed by atoms with Crippen LogP contribution in [0.4, 0.5) is 4.39 Å². The molecule has 0 bridgehead atoms. The van der Waals surface area contributed by atoms with Crippen LogP contribution >= 0.6 is 28.3 Å². The van der Waals surface area contributed by atoms with Crippen LogP contribution in [0.3, 0.4) is 0 Å². The molecule has 2 nitrogen and oxygen atoms in total. The van der Waals surface area contributed by atoms with E-state index in [0.29, 0.717) is 17.1 Å². The van der Waals surface area contributed by atoms with Crippen molar-refractivity contribution in [3.63, 3.8) is 0 Å². The number of nitrogens with zero attached hydrogens (tertiary/aromatic N) is 1. The van der Waals surface area contributed by atoms with Crippen LogP contribution in [0.1, 0.15) is 12.5 Å². The van der Waals surface area contributed by atoms with Crippen molar-refractivity contribution >= 4 is 28.3 Å². The van der Waals surface area contributed by atoms with E-state index in [1.54, 1.807) is 12.1 Å². The van der Waals surface area contributed by atoms with Gasteiger partial charge in [0.25, 0.3) is 0 Å². The molecule has 0 aromatic heterocycles. The van der Waals surface area contributed by atoms with Crippen LogP contribution in [0.25, 0.3) is 0 Å². The van der Waals surface area contributed by atoms with Crippen molar-refractivity contribution in [1.29, 1.82) is 0 Å². The SMILES string of the molecule is CC(CN)N(C)Cc1ccc(F)c(Br)c1.Cl. The number of benzene rings is 1. The lowest BCUT2D eigenvalue weighted by Gasteiger charge is -2.23. The maximum absolute atomic E-state index is 13.0. The first-order valence-corrected chi connectivity index (χ1v) is 5.68. The molecule has 92 valence electrons. The van der Waals surface area contributed by atoms with E-state index in [2.05, 4.69) is 27.8 Å². The summed E-state index contributed by atoms with van der Waals surface area (Å²) in [6.07, 6.45) is 0. The molecular weight excluding hydrogens is 294 g/mol. The smallest absolute Gasteiger partial charge is 0.137 e. The van der Waals surface area contributed by atoms with Gasteiger partial charge < -0.3 is 5.73 Å². The predicted molar refractivity (Wildman–Crippen MR) is 71.3 cm³/mol. The largest absolute Gasteiger partial charge is 0.329 e. The normalized spacial score (nSPS) is 12.4. The lowest BCUT2D eigenvalue weighted by Crippen LogP contribution is -2.34.